The summed E-state index contributed by atoms with van der Waals surface area (Å²) >= 11 is 8.02. The van der Waals surface area contributed by atoms with Gasteiger partial charge in [0.15, 0.2) is 0 Å². The van der Waals surface area contributed by atoms with Crippen LogP contribution >= 0.6 is 23.5 Å². The van der Waals surface area contributed by atoms with Crippen molar-refractivity contribution in [1.82, 2.24) is 0 Å². The zero-order valence-corrected chi connectivity index (χ0v) is 12.1. The highest BCUT2D eigenvalue weighted by atomic mass is 35.5. The number of phenols is 1. The first kappa shape index (κ1) is 12.7. The van der Waals surface area contributed by atoms with Crippen molar-refractivity contribution in [3.05, 3.63) is 53.6 Å². The van der Waals surface area contributed by atoms with Crippen LogP contribution in [-0.2, 0) is 6.42 Å². The van der Waals surface area contributed by atoms with E-state index < -0.39 is 0 Å². The molecule has 0 fully saturated rings. The number of rotatable bonds is 2. The highest BCUT2D eigenvalue weighted by molar-refractivity contribution is 8.00. The van der Waals surface area contributed by atoms with Crippen LogP contribution < -0.4 is 4.42 Å². The van der Waals surface area contributed by atoms with Crippen LogP contribution in [0.15, 0.2) is 47.4 Å². The summed E-state index contributed by atoms with van der Waals surface area (Å²) in [5, 5.41) is 10.0. The molecule has 1 heterocycles. The number of hydrogen-bond acceptors (Lipinski definition) is 3. The molecule has 19 heavy (non-hydrogen) atoms. The summed E-state index contributed by atoms with van der Waals surface area (Å²) in [4.78, 5) is 1.05. The first-order valence-corrected chi connectivity index (χ1v) is 7.38. The van der Waals surface area contributed by atoms with E-state index in [2.05, 4.69) is 19.1 Å². The van der Waals surface area contributed by atoms with Gasteiger partial charge in [-0.25, -0.2) is 0 Å². The Bertz CT molecular complexity index is 603. The molecular formula is C15H14ClNOS. The molecule has 0 spiro atoms. The van der Waals surface area contributed by atoms with Gasteiger partial charge in [-0.1, -0.05) is 42.1 Å². The van der Waals surface area contributed by atoms with Crippen molar-refractivity contribution in [2.75, 3.05) is 4.42 Å². The molecule has 2 aromatic carbocycles. The molecule has 0 aromatic heterocycles. The lowest BCUT2D eigenvalue weighted by Gasteiger charge is -2.17. The van der Waals surface area contributed by atoms with Gasteiger partial charge in [-0.05, 0) is 36.6 Å². The van der Waals surface area contributed by atoms with Crippen molar-refractivity contribution < 1.29 is 5.11 Å². The van der Waals surface area contributed by atoms with Crippen molar-refractivity contribution in [1.29, 1.82) is 0 Å². The quantitative estimate of drug-likeness (QED) is 0.830. The number of anilines is 1. The van der Waals surface area contributed by atoms with Gasteiger partial charge >= 0.3 is 0 Å². The summed E-state index contributed by atoms with van der Waals surface area (Å²) in [6, 6.07) is 13.8. The minimum atomic E-state index is 0.188. The molecule has 0 amide bonds. The maximum atomic E-state index is 9.85. The Kier molecular flexibility index (Phi) is 3.33. The van der Waals surface area contributed by atoms with Gasteiger partial charge < -0.3 is 5.11 Å². The number of fused-ring (bicyclic) bond motifs is 1. The molecule has 98 valence electrons. The number of nitrogens with zero attached hydrogens (tertiary/aromatic N) is 1. The van der Waals surface area contributed by atoms with E-state index >= 15 is 0 Å². The molecular weight excluding hydrogens is 278 g/mol. The highest BCUT2D eigenvalue weighted by Crippen LogP contribution is 2.48. The fourth-order valence-electron chi connectivity index (χ4n) is 2.34. The predicted molar refractivity (Wildman–Crippen MR) is 81.0 cm³/mol. The Morgan fingerprint density at radius 3 is 2.74 bits per heavy atom. The summed E-state index contributed by atoms with van der Waals surface area (Å²) in [6.45, 7) is 2.06. The van der Waals surface area contributed by atoms with E-state index in [-0.39, 0.29) is 5.37 Å². The number of benzene rings is 2. The minimum absolute atomic E-state index is 0.188. The van der Waals surface area contributed by atoms with Crippen molar-refractivity contribution >= 4 is 29.2 Å². The SMILES string of the molecule is CC1Sc2cc(O)cc(Cc3ccccc3)c2N1Cl. The van der Waals surface area contributed by atoms with Gasteiger partial charge in [0.25, 0.3) is 0 Å². The second kappa shape index (κ2) is 4.99. The average molecular weight is 292 g/mol. The monoisotopic (exact) mass is 291 g/mol. The standard InChI is InChI=1S/C15H14ClNOS/c1-10-17(16)15-12(7-11-5-3-2-4-6-11)8-13(18)9-14(15)19-10/h2-6,8-10,18H,7H2,1H3. The predicted octanol–water partition coefficient (Wildman–Crippen LogP) is 4.39. The van der Waals surface area contributed by atoms with Crippen LogP contribution in [0.4, 0.5) is 5.69 Å². The third-order valence-corrected chi connectivity index (χ3v) is 4.90. The third-order valence-electron chi connectivity index (χ3n) is 3.21. The van der Waals surface area contributed by atoms with E-state index in [9.17, 15) is 5.11 Å². The van der Waals surface area contributed by atoms with Crippen LogP contribution in [-0.4, -0.2) is 10.5 Å². The van der Waals surface area contributed by atoms with Crippen LogP contribution in [0.2, 0.25) is 0 Å². The molecule has 1 atom stereocenters. The van der Waals surface area contributed by atoms with Crippen molar-refractivity contribution in [3.63, 3.8) is 0 Å². The van der Waals surface area contributed by atoms with Gasteiger partial charge in [-0.3, -0.25) is 4.42 Å². The highest BCUT2D eigenvalue weighted by Gasteiger charge is 2.28. The second-order valence-electron chi connectivity index (χ2n) is 4.64. The molecule has 2 aromatic rings. The Balaban J connectivity index is 2.03. The lowest BCUT2D eigenvalue weighted by atomic mass is 10.0. The molecule has 2 nitrogen and oxygen atoms in total. The van der Waals surface area contributed by atoms with Gasteiger partial charge in [0, 0.05) is 16.7 Å². The van der Waals surface area contributed by atoms with Crippen LogP contribution in [0.3, 0.4) is 0 Å². The summed E-state index contributed by atoms with van der Waals surface area (Å²) in [7, 11) is 0. The van der Waals surface area contributed by atoms with E-state index in [1.165, 1.54) is 5.56 Å². The molecule has 0 aliphatic carbocycles. The molecule has 0 radical (unpaired) electrons. The first-order valence-electron chi connectivity index (χ1n) is 6.16. The Morgan fingerprint density at radius 1 is 1.26 bits per heavy atom. The van der Waals surface area contributed by atoms with Gasteiger partial charge in [-0.2, -0.15) is 0 Å². The van der Waals surface area contributed by atoms with Crippen molar-refractivity contribution in [2.45, 2.75) is 23.6 Å². The molecule has 0 saturated carbocycles. The number of hydrogen-bond donors (Lipinski definition) is 1. The van der Waals surface area contributed by atoms with Crippen molar-refractivity contribution in [3.8, 4) is 5.75 Å². The van der Waals surface area contributed by atoms with E-state index in [4.69, 9.17) is 11.8 Å². The molecule has 1 aliphatic heterocycles. The topological polar surface area (TPSA) is 23.5 Å². The number of aromatic hydroxyl groups is 1. The van der Waals surface area contributed by atoms with E-state index in [1.807, 2.05) is 18.2 Å². The molecule has 0 bridgehead atoms. The summed E-state index contributed by atoms with van der Waals surface area (Å²) in [5.74, 6) is 0.302. The number of phenolic OH excluding ortho intramolecular Hbond substituents is 1. The fourth-order valence-corrected chi connectivity index (χ4v) is 3.81. The molecule has 3 rings (SSSR count). The summed E-state index contributed by atoms with van der Waals surface area (Å²) < 4.78 is 1.76. The Hall–Kier alpha value is -1.32. The molecule has 0 saturated heterocycles. The summed E-state index contributed by atoms with van der Waals surface area (Å²) in [6.07, 6.45) is 0.772. The Labute approximate surface area is 122 Å². The molecule has 1 unspecified atom stereocenters. The molecule has 1 aliphatic rings. The Morgan fingerprint density at radius 2 is 2.00 bits per heavy atom. The lowest BCUT2D eigenvalue weighted by molar-refractivity contribution is 0.473. The van der Waals surface area contributed by atoms with Gasteiger partial charge in [-0.15, -0.1) is 0 Å². The zero-order chi connectivity index (χ0) is 13.4. The smallest absolute Gasteiger partial charge is 0.117 e. The summed E-state index contributed by atoms with van der Waals surface area (Å²) in [5.41, 5.74) is 3.30. The van der Waals surface area contributed by atoms with Crippen LogP contribution in [0.1, 0.15) is 18.1 Å². The van der Waals surface area contributed by atoms with Crippen LogP contribution in [0.5, 0.6) is 5.75 Å². The van der Waals surface area contributed by atoms with Gasteiger partial charge in [0.2, 0.25) is 0 Å². The normalized spacial score (nSPS) is 17.6. The second-order valence-corrected chi connectivity index (χ2v) is 6.36. The molecule has 4 heteroatoms. The van der Waals surface area contributed by atoms with E-state index in [0.29, 0.717) is 5.75 Å². The van der Waals surface area contributed by atoms with Crippen LogP contribution in [0.25, 0.3) is 0 Å². The zero-order valence-electron chi connectivity index (χ0n) is 10.5. The fraction of sp³-hybridized carbons (Fsp3) is 0.200. The molecule has 1 N–H and O–H groups in total. The van der Waals surface area contributed by atoms with Gasteiger partial charge in [0.1, 0.15) is 5.75 Å². The number of thioether (sulfide) groups is 1. The van der Waals surface area contributed by atoms with Crippen molar-refractivity contribution in [2.24, 2.45) is 0 Å². The first-order chi connectivity index (χ1) is 9.15. The average Bonchev–Trinajstić information content (AvgIpc) is 2.66. The maximum Gasteiger partial charge on any atom is 0.117 e. The third kappa shape index (κ3) is 2.40. The number of halogens is 1. The van der Waals surface area contributed by atoms with Crippen LogP contribution in [0, 0.1) is 0 Å². The lowest BCUT2D eigenvalue weighted by Crippen LogP contribution is -2.15. The maximum absolute atomic E-state index is 9.85. The van der Waals surface area contributed by atoms with E-state index in [0.717, 1.165) is 22.6 Å². The minimum Gasteiger partial charge on any atom is -0.508 e. The largest absolute Gasteiger partial charge is 0.508 e. The van der Waals surface area contributed by atoms with Gasteiger partial charge in [0.05, 0.1) is 11.1 Å². The van der Waals surface area contributed by atoms with E-state index in [1.54, 1.807) is 28.3 Å².